The first-order chi connectivity index (χ1) is 15.8. The molecule has 0 atom stereocenters. The van der Waals surface area contributed by atoms with Crippen molar-refractivity contribution >= 4 is 44.8 Å². The minimum Gasteiger partial charge on any atom is -0.325 e. The van der Waals surface area contributed by atoms with Crippen LogP contribution in [0.3, 0.4) is 0 Å². The maximum absolute atomic E-state index is 13.0. The van der Waals surface area contributed by atoms with Gasteiger partial charge in [-0.25, -0.2) is 12.7 Å². The van der Waals surface area contributed by atoms with E-state index in [-0.39, 0.29) is 17.6 Å². The van der Waals surface area contributed by atoms with E-state index in [4.69, 9.17) is 23.2 Å². The monoisotopic (exact) mass is 502 g/mol. The molecule has 0 spiro atoms. The molecule has 1 aliphatic rings. The number of nitrogens with zero attached hydrogens (tertiary/aromatic N) is 1. The number of para-hydroxylation sites is 1. The number of nitrogens with one attached hydrogen (secondary N) is 1. The van der Waals surface area contributed by atoms with Crippen molar-refractivity contribution < 1.29 is 13.2 Å². The van der Waals surface area contributed by atoms with Crippen molar-refractivity contribution in [3.8, 4) is 11.1 Å². The highest BCUT2D eigenvalue weighted by Gasteiger charge is 2.31. The van der Waals surface area contributed by atoms with Crippen LogP contribution < -0.4 is 5.32 Å². The third-order valence-electron chi connectivity index (χ3n) is 5.82. The molecule has 1 saturated heterocycles. The van der Waals surface area contributed by atoms with Gasteiger partial charge in [-0.1, -0.05) is 77.8 Å². The van der Waals surface area contributed by atoms with E-state index in [1.165, 1.54) is 4.31 Å². The minimum atomic E-state index is -3.52. The quantitative estimate of drug-likeness (QED) is 0.460. The molecule has 1 aliphatic heterocycles. The van der Waals surface area contributed by atoms with Crippen molar-refractivity contribution in [1.82, 2.24) is 4.31 Å². The maximum atomic E-state index is 13.0. The molecule has 33 heavy (non-hydrogen) atoms. The molecule has 5 nitrogen and oxygen atoms in total. The first kappa shape index (κ1) is 23.8. The summed E-state index contributed by atoms with van der Waals surface area (Å²) in [4.78, 5) is 13.0. The number of anilines is 1. The van der Waals surface area contributed by atoms with Crippen LogP contribution in [0.4, 0.5) is 5.69 Å². The van der Waals surface area contributed by atoms with Crippen LogP contribution in [0.1, 0.15) is 18.4 Å². The van der Waals surface area contributed by atoms with Crippen LogP contribution in [0.25, 0.3) is 11.1 Å². The molecular weight excluding hydrogens is 479 g/mol. The number of benzene rings is 3. The molecular formula is C25H24Cl2N2O3S. The molecule has 8 heteroatoms. The summed E-state index contributed by atoms with van der Waals surface area (Å²) in [6.07, 6.45) is 0.944. The van der Waals surface area contributed by atoms with Crippen LogP contribution in [-0.4, -0.2) is 31.7 Å². The van der Waals surface area contributed by atoms with E-state index in [1.807, 2.05) is 54.6 Å². The zero-order valence-electron chi connectivity index (χ0n) is 17.9. The third kappa shape index (κ3) is 5.76. The number of hydrogen-bond donors (Lipinski definition) is 1. The second-order valence-corrected chi connectivity index (χ2v) is 10.9. The Hall–Kier alpha value is -2.38. The third-order valence-corrected chi connectivity index (χ3v) is 8.41. The second-order valence-electron chi connectivity index (χ2n) is 8.08. The van der Waals surface area contributed by atoms with Crippen molar-refractivity contribution in [2.45, 2.75) is 18.6 Å². The van der Waals surface area contributed by atoms with Gasteiger partial charge in [-0.05, 0) is 42.2 Å². The van der Waals surface area contributed by atoms with Gasteiger partial charge in [0.05, 0.1) is 15.8 Å². The number of hydrogen-bond acceptors (Lipinski definition) is 3. The average Bonchev–Trinajstić information content (AvgIpc) is 2.82. The van der Waals surface area contributed by atoms with Crippen molar-refractivity contribution in [2.75, 3.05) is 18.4 Å². The fourth-order valence-electron chi connectivity index (χ4n) is 4.02. The molecule has 4 rings (SSSR count). The fourth-order valence-corrected chi connectivity index (χ4v) is 5.90. The van der Waals surface area contributed by atoms with Crippen LogP contribution >= 0.6 is 23.2 Å². The number of amides is 1. The molecule has 0 unspecified atom stereocenters. The topological polar surface area (TPSA) is 66.5 Å². The highest BCUT2D eigenvalue weighted by molar-refractivity contribution is 7.88. The highest BCUT2D eigenvalue weighted by Crippen LogP contribution is 2.30. The molecule has 1 N–H and O–H groups in total. The standard InChI is InChI=1S/C25H24Cl2N2O3S/c26-22-11-10-18(16-23(22)27)17-33(31,32)29-14-12-20(13-15-29)25(30)28-24-9-5-4-8-21(24)19-6-2-1-3-7-19/h1-11,16,20H,12-15,17H2,(H,28,30). The van der Waals surface area contributed by atoms with Crippen molar-refractivity contribution in [3.05, 3.63) is 88.4 Å². The van der Waals surface area contributed by atoms with E-state index >= 15 is 0 Å². The number of piperidine rings is 1. The smallest absolute Gasteiger partial charge is 0.227 e. The molecule has 0 aliphatic carbocycles. The highest BCUT2D eigenvalue weighted by atomic mass is 35.5. The van der Waals surface area contributed by atoms with Crippen molar-refractivity contribution in [2.24, 2.45) is 5.92 Å². The molecule has 1 heterocycles. The van der Waals surface area contributed by atoms with Crippen molar-refractivity contribution in [3.63, 3.8) is 0 Å². The van der Waals surface area contributed by atoms with Gasteiger partial charge in [-0.2, -0.15) is 0 Å². The van der Waals surface area contributed by atoms with Gasteiger partial charge in [0.1, 0.15) is 0 Å². The number of halogens is 2. The summed E-state index contributed by atoms with van der Waals surface area (Å²) in [5, 5.41) is 3.77. The number of carbonyl (C=O) groups excluding carboxylic acids is 1. The summed E-state index contributed by atoms with van der Waals surface area (Å²) in [5.41, 5.74) is 3.31. The van der Waals surface area contributed by atoms with E-state index < -0.39 is 10.0 Å². The number of rotatable bonds is 6. The zero-order valence-corrected chi connectivity index (χ0v) is 20.2. The van der Waals surface area contributed by atoms with Crippen LogP contribution in [-0.2, 0) is 20.6 Å². The average molecular weight is 503 g/mol. The zero-order chi connectivity index (χ0) is 23.4. The summed E-state index contributed by atoms with van der Waals surface area (Å²) in [6.45, 7) is 0.615. The molecule has 0 bridgehead atoms. The van der Waals surface area contributed by atoms with Gasteiger partial charge in [0, 0.05) is 30.3 Å². The Labute approximate surface area is 204 Å². The van der Waals surface area contributed by atoms with Gasteiger partial charge in [-0.15, -0.1) is 0 Å². The minimum absolute atomic E-state index is 0.0834. The summed E-state index contributed by atoms with van der Waals surface area (Å²) in [6, 6.07) is 22.4. The lowest BCUT2D eigenvalue weighted by atomic mass is 9.96. The van der Waals surface area contributed by atoms with Gasteiger partial charge < -0.3 is 5.32 Å². The van der Waals surface area contributed by atoms with E-state index in [0.717, 1.165) is 16.8 Å². The Bertz CT molecular complexity index is 1240. The summed E-state index contributed by atoms with van der Waals surface area (Å²) < 4.78 is 27.2. The van der Waals surface area contributed by atoms with Gasteiger partial charge in [0.25, 0.3) is 0 Å². The SMILES string of the molecule is O=C(Nc1ccccc1-c1ccccc1)C1CCN(S(=O)(=O)Cc2ccc(Cl)c(Cl)c2)CC1. The Morgan fingerprint density at radius 3 is 2.27 bits per heavy atom. The molecule has 0 radical (unpaired) electrons. The molecule has 1 amide bonds. The lowest BCUT2D eigenvalue weighted by molar-refractivity contribution is -0.120. The largest absolute Gasteiger partial charge is 0.325 e. The summed E-state index contributed by atoms with van der Waals surface area (Å²) in [7, 11) is -3.52. The van der Waals surface area contributed by atoms with E-state index in [1.54, 1.807) is 18.2 Å². The van der Waals surface area contributed by atoms with E-state index in [2.05, 4.69) is 5.32 Å². The predicted molar refractivity (Wildman–Crippen MR) is 134 cm³/mol. The Kier molecular flexibility index (Phi) is 7.39. The Morgan fingerprint density at radius 1 is 0.909 bits per heavy atom. The first-order valence-corrected chi connectivity index (χ1v) is 13.1. The lowest BCUT2D eigenvalue weighted by Crippen LogP contribution is -2.41. The van der Waals surface area contributed by atoms with Crippen molar-refractivity contribution in [1.29, 1.82) is 0 Å². The number of carbonyl (C=O) groups is 1. The normalized spacial score (nSPS) is 15.3. The van der Waals surface area contributed by atoms with Gasteiger partial charge in [0.15, 0.2) is 0 Å². The van der Waals surface area contributed by atoms with Gasteiger partial charge in [-0.3, -0.25) is 4.79 Å². The van der Waals surface area contributed by atoms with Gasteiger partial charge >= 0.3 is 0 Å². The van der Waals surface area contributed by atoms with Crippen LogP contribution in [0, 0.1) is 5.92 Å². The fraction of sp³-hybridized carbons (Fsp3) is 0.240. The number of sulfonamides is 1. The van der Waals surface area contributed by atoms with Gasteiger partial charge in [0.2, 0.25) is 15.9 Å². The first-order valence-electron chi connectivity index (χ1n) is 10.7. The van der Waals surface area contributed by atoms with E-state index in [9.17, 15) is 13.2 Å². The lowest BCUT2D eigenvalue weighted by Gasteiger charge is -2.30. The van der Waals surface area contributed by atoms with Crippen LogP contribution in [0.15, 0.2) is 72.8 Å². The van der Waals surface area contributed by atoms with Crippen LogP contribution in [0.5, 0.6) is 0 Å². The molecule has 3 aromatic carbocycles. The summed E-state index contributed by atoms with van der Waals surface area (Å²) >= 11 is 11.9. The summed E-state index contributed by atoms with van der Waals surface area (Å²) in [5.74, 6) is -0.476. The maximum Gasteiger partial charge on any atom is 0.227 e. The molecule has 0 aromatic heterocycles. The predicted octanol–water partition coefficient (Wildman–Crippen LogP) is 5.84. The Morgan fingerprint density at radius 2 is 1.58 bits per heavy atom. The van der Waals surface area contributed by atoms with Crippen LogP contribution in [0.2, 0.25) is 10.0 Å². The molecule has 1 fully saturated rings. The molecule has 3 aromatic rings. The molecule has 0 saturated carbocycles. The Balaban J connectivity index is 1.38. The molecule has 172 valence electrons. The van der Waals surface area contributed by atoms with E-state index in [0.29, 0.717) is 41.5 Å². The second kappa shape index (κ2) is 10.3.